The summed E-state index contributed by atoms with van der Waals surface area (Å²) in [6, 6.07) is 24.4. The van der Waals surface area contributed by atoms with E-state index in [1.165, 1.54) is 7.11 Å². The predicted molar refractivity (Wildman–Crippen MR) is 175 cm³/mol. The normalized spacial score (nSPS) is 16.7. The fraction of sp³-hybridized carbons (Fsp3) is 0.206. The number of methoxy groups -OCH3 is 1. The zero-order valence-electron chi connectivity index (χ0n) is 24.9. The summed E-state index contributed by atoms with van der Waals surface area (Å²) in [5.74, 6) is -0.0420. The summed E-state index contributed by atoms with van der Waals surface area (Å²) in [6.07, 6.45) is 9.13. The Bertz CT molecular complexity index is 1680. The smallest absolute Gasteiger partial charge is 0.323 e. The number of rotatable bonds is 8. The van der Waals surface area contributed by atoms with E-state index in [9.17, 15) is 9.35 Å². The molecular weight excluding hydrogens is 560 g/mol. The SMILES string of the molecule is COc1c(NC(=O)Nc2ccc(O[C@]3(Nc4ccccc4)C=CC=CN3)c3ccccc23)cc(C(C)(C)C)cc1[S+](C)[O-]. The molecule has 4 aromatic carbocycles. The van der Waals surface area contributed by atoms with Crippen molar-refractivity contribution in [1.29, 1.82) is 0 Å². The maximum absolute atomic E-state index is 13.4. The molecule has 1 aliphatic heterocycles. The van der Waals surface area contributed by atoms with E-state index in [4.69, 9.17) is 9.47 Å². The first-order chi connectivity index (χ1) is 20.6. The largest absolute Gasteiger partial charge is 0.612 e. The maximum atomic E-state index is 13.4. The standard InChI is InChI=1S/C34H36N4O4S/c1-33(2,3)23-21-28(31(41-4)30(22-23)43(5)40)37-32(39)36-27-17-18-29(26-16-10-9-15-25(26)27)42-34(19-11-12-20-35-34)38-24-13-7-6-8-14-24/h6-22,35,38H,1-5H3,(H2,36,37,39)/t34-,43?/m1/s1. The molecule has 5 rings (SSSR count). The van der Waals surface area contributed by atoms with Crippen LogP contribution in [0.3, 0.4) is 0 Å². The van der Waals surface area contributed by atoms with Crippen molar-refractivity contribution in [2.45, 2.75) is 36.9 Å². The topological polar surface area (TPSA) is 107 Å². The minimum atomic E-state index is -1.32. The number of hydrogen-bond donors (Lipinski definition) is 4. The number of anilines is 3. The Morgan fingerprint density at radius 3 is 2.26 bits per heavy atom. The van der Waals surface area contributed by atoms with Crippen LogP contribution >= 0.6 is 0 Å². The Balaban J connectivity index is 1.44. The molecule has 222 valence electrons. The lowest BCUT2D eigenvalue weighted by atomic mass is 9.86. The van der Waals surface area contributed by atoms with Crippen LogP contribution in [0.2, 0.25) is 0 Å². The molecule has 1 aliphatic rings. The lowest BCUT2D eigenvalue weighted by Crippen LogP contribution is -2.53. The highest BCUT2D eigenvalue weighted by Crippen LogP contribution is 2.38. The number of amides is 2. The first kappa shape index (κ1) is 29.9. The fourth-order valence-electron chi connectivity index (χ4n) is 4.84. The lowest BCUT2D eigenvalue weighted by molar-refractivity contribution is 0.128. The Kier molecular flexibility index (Phi) is 8.57. The second-order valence-electron chi connectivity index (χ2n) is 11.2. The van der Waals surface area contributed by atoms with Crippen LogP contribution in [0, 0.1) is 0 Å². The van der Waals surface area contributed by atoms with Gasteiger partial charge in [-0.25, -0.2) is 4.79 Å². The summed E-state index contributed by atoms with van der Waals surface area (Å²) in [4.78, 5) is 13.9. The molecule has 9 heteroatoms. The van der Waals surface area contributed by atoms with Crippen molar-refractivity contribution < 1.29 is 18.8 Å². The molecular formula is C34H36N4O4S. The third-order valence-electron chi connectivity index (χ3n) is 7.03. The second kappa shape index (κ2) is 12.3. The van der Waals surface area contributed by atoms with E-state index in [1.54, 1.807) is 6.26 Å². The van der Waals surface area contributed by atoms with Crippen molar-refractivity contribution in [3.05, 3.63) is 109 Å². The van der Waals surface area contributed by atoms with Gasteiger partial charge in [-0.05, 0) is 58.6 Å². The number of dihydropyridines is 1. The van der Waals surface area contributed by atoms with Crippen LogP contribution in [0.25, 0.3) is 10.8 Å². The van der Waals surface area contributed by atoms with Gasteiger partial charge in [-0.2, -0.15) is 0 Å². The molecule has 2 amide bonds. The quantitative estimate of drug-likeness (QED) is 0.125. The van der Waals surface area contributed by atoms with Crippen molar-refractivity contribution >= 4 is 45.0 Å². The van der Waals surface area contributed by atoms with Crippen LogP contribution in [0.15, 0.2) is 108 Å². The average molecular weight is 597 g/mol. The van der Waals surface area contributed by atoms with Crippen LogP contribution in [-0.4, -0.2) is 29.8 Å². The molecule has 2 atom stereocenters. The van der Waals surface area contributed by atoms with Crippen molar-refractivity contribution in [1.82, 2.24) is 5.32 Å². The summed E-state index contributed by atoms with van der Waals surface area (Å²) in [5.41, 5.74) is 2.63. The molecule has 1 unspecified atom stereocenters. The van der Waals surface area contributed by atoms with Gasteiger partial charge in [0.05, 0.1) is 18.5 Å². The molecule has 0 radical (unpaired) electrons. The molecule has 8 nitrogen and oxygen atoms in total. The van der Waals surface area contributed by atoms with Crippen molar-refractivity contribution in [3.63, 3.8) is 0 Å². The summed E-state index contributed by atoms with van der Waals surface area (Å²) >= 11 is -1.32. The minimum Gasteiger partial charge on any atom is -0.612 e. The zero-order chi connectivity index (χ0) is 30.6. The number of carbonyl (C=O) groups excluding carboxylic acids is 1. The Hall–Kier alpha value is -4.60. The number of benzene rings is 4. The Labute approximate surface area is 255 Å². The van der Waals surface area contributed by atoms with Gasteiger partial charge in [-0.15, -0.1) is 0 Å². The molecule has 4 aromatic rings. The van der Waals surface area contributed by atoms with E-state index in [1.807, 2.05) is 103 Å². The fourth-order valence-corrected chi connectivity index (χ4v) is 5.59. The summed E-state index contributed by atoms with van der Waals surface area (Å²) < 4.78 is 24.7. The van der Waals surface area contributed by atoms with Gasteiger partial charge in [0.15, 0.2) is 10.6 Å². The molecule has 43 heavy (non-hydrogen) atoms. The molecule has 0 saturated carbocycles. The summed E-state index contributed by atoms with van der Waals surface area (Å²) in [5, 5.41) is 14.2. The summed E-state index contributed by atoms with van der Waals surface area (Å²) in [7, 11) is 1.50. The third kappa shape index (κ3) is 6.74. The van der Waals surface area contributed by atoms with Crippen molar-refractivity contribution in [2.75, 3.05) is 29.3 Å². The molecule has 0 spiro atoms. The molecule has 0 saturated heterocycles. The molecule has 1 heterocycles. The molecule has 0 bridgehead atoms. The average Bonchev–Trinajstić information content (AvgIpc) is 2.98. The number of ether oxygens (including phenoxy) is 2. The van der Waals surface area contributed by atoms with Crippen molar-refractivity contribution in [3.8, 4) is 11.5 Å². The molecule has 4 N–H and O–H groups in total. The lowest BCUT2D eigenvalue weighted by Gasteiger charge is -2.35. The Morgan fingerprint density at radius 2 is 1.60 bits per heavy atom. The second-order valence-corrected chi connectivity index (χ2v) is 12.5. The highest BCUT2D eigenvalue weighted by molar-refractivity contribution is 7.90. The van der Waals surface area contributed by atoms with E-state index in [2.05, 4.69) is 42.0 Å². The molecule has 0 aliphatic carbocycles. The van der Waals surface area contributed by atoms with Gasteiger partial charge >= 0.3 is 6.03 Å². The van der Waals surface area contributed by atoms with E-state index in [0.717, 1.165) is 22.0 Å². The van der Waals surface area contributed by atoms with E-state index >= 15 is 0 Å². The molecule has 0 fully saturated rings. The van der Waals surface area contributed by atoms with Crippen LogP contribution in [0.5, 0.6) is 11.5 Å². The van der Waals surface area contributed by atoms with Crippen LogP contribution in [-0.2, 0) is 16.6 Å². The van der Waals surface area contributed by atoms with Gasteiger partial charge in [-0.1, -0.05) is 69.3 Å². The number of fused-ring (bicyclic) bond motifs is 1. The van der Waals surface area contributed by atoms with Gasteiger partial charge in [0.1, 0.15) is 12.0 Å². The van der Waals surface area contributed by atoms with Crippen LogP contribution < -0.4 is 30.7 Å². The number of carbonyl (C=O) groups is 1. The first-order valence-corrected chi connectivity index (χ1v) is 15.4. The van der Waals surface area contributed by atoms with Gasteiger partial charge in [0.2, 0.25) is 0 Å². The number of urea groups is 1. The van der Waals surface area contributed by atoms with Gasteiger partial charge < -0.3 is 35.3 Å². The van der Waals surface area contributed by atoms with E-state index < -0.39 is 23.1 Å². The molecule has 0 aromatic heterocycles. The number of allylic oxidation sites excluding steroid dienone is 2. The minimum absolute atomic E-state index is 0.232. The first-order valence-electron chi connectivity index (χ1n) is 13.9. The van der Waals surface area contributed by atoms with Crippen LogP contribution in [0.4, 0.5) is 21.9 Å². The number of nitrogens with one attached hydrogen (secondary N) is 4. The van der Waals surface area contributed by atoms with Crippen molar-refractivity contribution in [2.24, 2.45) is 0 Å². The maximum Gasteiger partial charge on any atom is 0.323 e. The van der Waals surface area contributed by atoms with E-state index in [0.29, 0.717) is 27.8 Å². The van der Waals surface area contributed by atoms with Gasteiger partial charge in [0, 0.05) is 34.8 Å². The zero-order valence-corrected chi connectivity index (χ0v) is 25.7. The number of para-hydroxylation sites is 1. The van der Waals surface area contributed by atoms with Gasteiger partial charge in [0.25, 0.3) is 5.85 Å². The Morgan fingerprint density at radius 1 is 0.907 bits per heavy atom. The highest BCUT2D eigenvalue weighted by Gasteiger charge is 2.30. The van der Waals surface area contributed by atoms with E-state index in [-0.39, 0.29) is 5.41 Å². The van der Waals surface area contributed by atoms with Gasteiger partial charge in [-0.3, -0.25) is 0 Å². The third-order valence-corrected chi connectivity index (χ3v) is 7.95. The monoisotopic (exact) mass is 596 g/mol. The highest BCUT2D eigenvalue weighted by atomic mass is 32.2. The summed E-state index contributed by atoms with van der Waals surface area (Å²) in [6.45, 7) is 6.18. The predicted octanol–water partition coefficient (Wildman–Crippen LogP) is 7.35. The number of hydrogen-bond acceptors (Lipinski definition) is 6. The van der Waals surface area contributed by atoms with Crippen LogP contribution in [0.1, 0.15) is 26.3 Å².